The third-order valence-electron chi connectivity index (χ3n) is 3.95. The molecule has 2 aromatic carbocycles. The summed E-state index contributed by atoms with van der Waals surface area (Å²) in [6, 6.07) is 11.6. The molecule has 0 saturated carbocycles. The lowest BCUT2D eigenvalue weighted by Crippen LogP contribution is -2.29. The topological polar surface area (TPSA) is 46.5 Å². The van der Waals surface area contributed by atoms with Crippen LogP contribution < -0.4 is 4.74 Å². The third-order valence-corrected chi connectivity index (χ3v) is 3.95. The summed E-state index contributed by atoms with van der Waals surface area (Å²) in [7, 11) is 0. The zero-order chi connectivity index (χ0) is 19.5. The van der Waals surface area contributed by atoms with E-state index < -0.39 is 23.8 Å². The second-order valence-electron chi connectivity index (χ2n) is 7.12. The van der Waals surface area contributed by atoms with Gasteiger partial charge < -0.3 is 9.84 Å². The van der Waals surface area contributed by atoms with Crippen LogP contribution in [-0.2, 0) is 22.8 Å². The SMILES string of the molecule is CC(C)(C)c1ccc(O[C@@H](Cc2cccc(C(F)(F)F)c2)C(=O)O)cc1. The molecule has 0 radical (unpaired) electrons. The Morgan fingerprint density at radius 3 is 2.15 bits per heavy atom. The Morgan fingerprint density at radius 1 is 1.04 bits per heavy atom. The van der Waals surface area contributed by atoms with Crippen LogP contribution >= 0.6 is 0 Å². The summed E-state index contributed by atoms with van der Waals surface area (Å²) in [6.45, 7) is 6.16. The highest BCUT2D eigenvalue weighted by Gasteiger charge is 2.31. The van der Waals surface area contributed by atoms with E-state index in [9.17, 15) is 23.1 Å². The van der Waals surface area contributed by atoms with Crippen molar-refractivity contribution >= 4 is 5.97 Å². The maximum atomic E-state index is 12.8. The lowest BCUT2D eigenvalue weighted by molar-refractivity contribution is -0.145. The molecule has 0 bridgehead atoms. The molecule has 0 aliphatic heterocycles. The molecule has 0 heterocycles. The molecule has 0 amide bonds. The monoisotopic (exact) mass is 366 g/mol. The molecule has 1 atom stereocenters. The van der Waals surface area contributed by atoms with Gasteiger partial charge >= 0.3 is 12.1 Å². The first-order valence-electron chi connectivity index (χ1n) is 8.13. The van der Waals surface area contributed by atoms with Crippen molar-refractivity contribution in [3.8, 4) is 5.75 Å². The average Bonchev–Trinajstić information content (AvgIpc) is 2.53. The fraction of sp³-hybridized carbons (Fsp3) is 0.350. The van der Waals surface area contributed by atoms with Gasteiger partial charge in [-0.2, -0.15) is 13.2 Å². The molecule has 140 valence electrons. The molecule has 2 aromatic rings. The second kappa shape index (κ2) is 7.40. The summed E-state index contributed by atoms with van der Waals surface area (Å²) in [5.74, 6) is -0.875. The highest BCUT2D eigenvalue weighted by atomic mass is 19.4. The summed E-state index contributed by atoms with van der Waals surface area (Å²) in [6.07, 6.45) is -5.92. The standard InChI is InChI=1S/C20H21F3O3/c1-19(2,3)14-7-9-16(10-8-14)26-17(18(24)25)12-13-5-4-6-15(11-13)20(21,22)23/h4-11,17H,12H2,1-3H3,(H,24,25)/t17-/m0/s1. The van der Waals surface area contributed by atoms with Crippen molar-refractivity contribution in [1.29, 1.82) is 0 Å². The van der Waals surface area contributed by atoms with Crippen molar-refractivity contribution < 1.29 is 27.8 Å². The second-order valence-corrected chi connectivity index (χ2v) is 7.12. The minimum atomic E-state index is -4.47. The van der Waals surface area contributed by atoms with Gasteiger partial charge in [0.05, 0.1) is 5.56 Å². The molecule has 1 N–H and O–H groups in total. The molecule has 0 unspecified atom stereocenters. The van der Waals surface area contributed by atoms with Gasteiger partial charge in [0.25, 0.3) is 0 Å². The predicted molar refractivity (Wildman–Crippen MR) is 92.3 cm³/mol. The van der Waals surface area contributed by atoms with Gasteiger partial charge in [-0.1, -0.05) is 51.1 Å². The summed E-state index contributed by atoms with van der Waals surface area (Å²) in [5, 5.41) is 9.36. The van der Waals surface area contributed by atoms with Gasteiger partial charge in [0, 0.05) is 6.42 Å². The summed E-state index contributed by atoms with van der Waals surface area (Å²) < 4.78 is 43.9. The molecule has 0 aliphatic rings. The van der Waals surface area contributed by atoms with Crippen LogP contribution in [0, 0.1) is 0 Å². The van der Waals surface area contributed by atoms with Crippen LogP contribution in [-0.4, -0.2) is 17.2 Å². The van der Waals surface area contributed by atoms with E-state index in [-0.39, 0.29) is 17.4 Å². The van der Waals surface area contributed by atoms with E-state index in [0.717, 1.165) is 17.7 Å². The number of ether oxygens (including phenoxy) is 1. The summed E-state index contributed by atoms with van der Waals surface area (Å²) in [5.41, 5.74) is 0.449. The lowest BCUT2D eigenvalue weighted by Gasteiger charge is -2.20. The Balaban J connectivity index is 2.16. The largest absolute Gasteiger partial charge is 0.478 e. The molecular weight excluding hydrogens is 345 g/mol. The molecule has 3 nitrogen and oxygen atoms in total. The Labute approximate surface area is 150 Å². The van der Waals surface area contributed by atoms with Gasteiger partial charge in [0.2, 0.25) is 0 Å². The van der Waals surface area contributed by atoms with E-state index in [1.165, 1.54) is 12.1 Å². The number of carboxylic acids is 1. The van der Waals surface area contributed by atoms with Crippen LogP contribution in [0.4, 0.5) is 13.2 Å². The van der Waals surface area contributed by atoms with Crippen molar-refractivity contribution in [3.05, 3.63) is 65.2 Å². The van der Waals surface area contributed by atoms with Gasteiger partial charge in [-0.05, 0) is 34.7 Å². The zero-order valence-electron chi connectivity index (χ0n) is 14.8. The highest BCUT2D eigenvalue weighted by Crippen LogP contribution is 2.30. The van der Waals surface area contributed by atoms with Crippen LogP contribution in [0.2, 0.25) is 0 Å². The summed E-state index contributed by atoms with van der Waals surface area (Å²) >= 11 is 0. The number of rotatable bonds is 5. The fourth-order valence-corrected chi connectivity index (χ4v) is 2.47. The highest BCUT2D eigenvalue weighted by molar-refractivity contribution is 5.73. The summed E-state index contributed by atoms with van der Waals surface area (Å²) in [4.78, 5) is 11.5. The average molecular weight is 366 g/mol. The van der Waals surface area contributed by atoms with E-state index >= 15 is 0 Å². The van der Waals surface area contributed by atoms with Gasteiger partial charge in [-0.3, -0.25) is 0 Å². The maximum Gasteiger partial charge on any atom is 0.416 e. The van der Waals surface area contributed by atoms with E-state index in [1.807, 2.05) is 12.1 Å². The number of benzene rings is 2. The number of carboxylic acid groups (broad SMARTS) is 1. The molecule has 0 aromatic heterocycles. The van der Waals surface area contributed by atoms with Crippen LogP contribution in [0.1, 0.15) is 37.5 Å². The molecule has 26 heavy (non-hydrogen) atoms. The van der Waals surface area contributed by atoms with E-state index in [0.29, 0.717) is 5.75 Å². The van der Waals surface area contributed by atoms with Crippen LogP contribution in [0.25, 0.3) is 0 Å². The first kappa shape index (κ1) is 19.8. The molecule has 2 rings (SSSR count). The van der Waals surface area contributed by atoms with Gasteiger partial charge in [0.15, 0.2) is 6.10 Å². The number of halogens is 3. The number of aliphatic carboxylic acids is 1. The van der Waals surface area contributed by atoms with E-state index in [2.05, 4.69) is 20.8 Å². The molecule has 0 saturated heterocycles. The molecule has 6 heteroatoms. The van der Waals surface area contributed by atoms with Crippen molar-refractivity contribution in [2.75, 3.05) is 0 Å². The van der Waals surface area contributed by atoms with E-state index in [1.54, 1.807) is 12.1 Å². The Kier molecular flexibility index (Phi) is 5.64. The molecular formula is C20H21F3O3. The minimum absolute atomic E-state index is 0.0528. The van der Waals surface area contributed by atoms with Gasteiger partial charge in [0.1, 0.15) is 5.75 Å². The maximum absolute atomic E-state index is 12.8. The first-order chi connectivity index (χ1) is 12.0. The lowest BCUT2D eigenvalue weighted by atomic mass is 9.87. The van der Waals surface area contributed by atoms with Crippen LogP contribution in [0.5, 0.6) is 5.75 Å². The van der Waals surface area contributed by atoms with E-state index in [4.69, 9.17) is 4.74 Å². The van der Waals surface area contributed by atoms with Crippen molar-refractivity contribution in [2.45, 2.75) is 44.9 Å². The Bertz CT molecular complexity index is 759. The number of alkyl halides is 3. The van der Waals surface area contributed by atoms with Crippen LogP contribution in [0.15, 0.2) is 48.5 Å². The molecule has 0 fully saturated rings. The minimum Gasteiger partial charge on any atom is -0.478 e. The third kappa shape index (κ3) is 5.25. The smallest absolute Gasteiger partial charge is 0.416 e. The van der Waals surface area contributed by atoms with Crippen molar-refractivity contribution in [2.24, 2.45) is 0 Å². The number of hydrogen-bond donors (Lipinski definition) is 1. The normalized spacial score (nSPS) is 13.3. The van der Waals surface area contributed by atoms with Gasteiger partial charge in [-0.15, -0.1) is 0 Å². The molecule has 0 spiro atoms. The van der Waals surface area contributed by atoms with Crippen molar-refractivity contribution in [1.82, 2.24) is 0 Å². The zero-order valence-corrected chi connectivity index (χ0v) is 14.8. The first-order valence-corrected chi connectivity index (χ1v) is 8.13. The van der Waals surface area contributed by atoms with Crippen LogP contribution in [0.3, 0.4) is 0 Å². The van der Waals surface area contributed by atoms with Crippen molar-refractivity contribution in [3.63, 3.8) is 0 Å². The Morgan fingerprint density at radius 2 is 1.65 bits per heavy atom. The quantitative estimate of drug-likeness (QED) is 0.803. The number of hydrogen-bond acceptors (Lipinski definition) is 2. The van der Waals surface area contributed by atoms with Gasteiger partial charge in [-0.25, -0.2) is 4.79 Å². The fourth-order valence-electron chi connectivity index (χ4n) is 2.47. The number of carbonyl (C=O) groups is 1. The Hall–Kier alpha value is -2.50. The molecule has 0 aliphatic carbocycles. The predicted octanol–water partition coefficient (Wildman–Crippen LogP) is 5.08.